The molecule has 0 spiro atoms. The fourth-order valence-electron chi connectivity index (χ4n) is 2.50. The summed E-state index contributed by atoms with van der Waals surface area (Å²) in [6.07, 6.45) is 0. The van der Waals surface area contributed by atoms with Crippen molar-refractivity contribution in [2.75, 3.05) is 7.11 Å². The molecule has 20 heavy (non-hydrogen) atoms. The Balaban J connectivity index is 2.49. The second-order valence-corrected chi connectivity index (χ2v) is 6.26. The Morgan fingerprint density at radius 2 is 1.65 bits per heavy atom. The van der Waals surface area contributed by atoms with Crippen molar-refractivity contribution in [2.45, 2.75) is 26.1 Å². The van der Waals surface area contributed by atoms with Gasteiger partial charge in [0, 0.05) is 4.47 Å². The Morgan fingerprint density at radius 3 is 2.20 bits per heavy atom. The van der Waals surface area contributed by atoms with Crippen LogP contribution in [0.3, 0.4) is 0 Å². The van der Waals surface area contributed by atoms with E-state index in [0.29, 0.717) is 0 Å². The summed E-state index contributed by atoms with van der Waals surface area (Å²) in [7, 11) is 1.70. The zero-order chi connectivity index (χ0) is 14.9. The van der Waals surface area contributed by atoms with Crippen LogP contribution in [-0.2, 0) is 0 Å². The number of ether oxygens (including phenoxy) is 1. The molecular weight excluding hydrogens is 336 g/mol. The molecule has 3 heteroatoms. The van der Waals surface area contributed by atoms with Gasteiger partial charge in [-0.2, -0.15) is 0 Å². The van der Waals surface area contributed by atoms with Gasteiger partial charge in [0.1, 0.15) is 5.75 Å². The van der Waals surface area contributed by atoms with Crippen molar-refractivity contribution < 1.29 is 4.74 Å². The lowest BCUT2D eigenvalue weighted by Gasteiger charge is -2.17. The fraction of sp³-hybridized carbons (Fsp3) is 0.294. The van der Waals surface area contributed by atoms with Gasteiger partial charge in [-0.05, 0) is 48.6 Å². The number of benzene rings is 2. The minimum Gasteiger partial charge on any atom is -0.496 e. The average Bonchev–Trinajstić information content (AvgIpc) is 2.41. The maximum atomic E-state index is 6.68. The first-order valence-electron chi connectivity index (χ1n) is 6.50. The summed E-state index contributed by atoms with van der Waals surface area (Å²) in [5.74, 6) is 0.931. The smallest absolute Gasteiger partial charge is 0.124 e. The standard InChI is InChI=1S/C17H18BrClO/c1-10-6-5-7-14(15(10)18)16(19)13-8-11(2)17(20-4)12(3)9-13/h5-9,16H,1-4H3. The highest BCUT2D eigenvalue weighted by molar-refractivity contribution is 9.10. The van der Waals surface area contributed by atoms with Gasteiger partial charge >= 0.3 is 0 Å². The van der Waals surface area contributed by atoms with Crippen LogP contribution in [0.2, 0.25) is 0 Å². The zero-order valence-corrected chi connectivity index (χ0v) is 14.5. The molecule has 0 aliphatic carbocycles. The maximum absolute atomic E-state index is 6.68. The van der Waals surface area contributed by atoms with Gasteiger partial charge in [0.05, 0.1) is 12.5 Å². The summed E-state index contributed by atoms with van der Waals surface area (Å²) < 4.78 is 6.48. The Labute approximate surface area is 134 Å². The molecule has 1 unspecified atom stereocenters. The molecule has 0 aliphatic heterocycles. The SMILES string of the molecule is COc1c(C)cc(C(Cl)c2cccc(C)c2Br)cc1C. The first-order chi connectivity index (χ1) is 9.45. The molecule has 0 amide bonds. The lowest BCUT2D eigenvalue weighted by Crippen LogP contribution is -1.99. The van der Waals surface area contributed by atoms with Gasteiger partial charge in [0.2, 0.25) is 0 Å². The summed E-state index contributed by atoms with van der Waals surface area (Å²) in [5, 5.41) is -0.174. The van der Waals surface area contributed by atoms with Crippen LogP contribution >= 0.6 is 27.5 Å². The number of hydrogen-bond donors (Lipinski definition) is 0. The van der Waals surface area contributed by atoms with E-state index in [1.54, 1.807) is 7.11 Å². The highest BCUT2D eigenvalue weighted by Gasteiger charge is 2.17. The molecule has 0 bridgehead atoms. The lowest BCUT2D eigenvalue weighted by atomic mass is 9.98. The summed E-state index contributed by atoms with van der Waals surface area (Å²) in [6.45, 7) is 6.16. The summed E-state index contributed by atoms with van der Waals surface area (Å²) in [6, 6.07) is 10.4. The second kappa shape index (κ2) is 6.19. The first kappa shape index (κ1) is 15.4. The van der Waals surface area contributed by atoms with Gasteiger partial charge in [0.15, 0.2) is 0 Å². The zero-order valence-electron chi connectivity index (χ0n) is 12.1. The van der Waals surface area contributed by atoms with Crippen molar-refractivity contribution in [3.8, 4) is 5.75 Å². The molecule has 0 N–H and O–H groups in total. The van der Waals surface area contributed by atoms with E-state index in [1.807, 2.05) is 19.9 Å². The van der Waals surface area contributed by atoms with Crippen LogP contribution in [0.15, 0.2) is 34.8 Å². The molecule has 0 aromatic heterocycles. The molecular formula is C17H18BrClO. The Kier molecular flexibility index (Phi) is 4.77. The molecule has 0 fully saturated rings. The highest BCUT2D eigenvalue weighted by atomic mass is 79.9. The topological polar surface area (TPSA) is 9.23 Å². The molecule has 0 saturated heterocycles. The quantitative estimate of drug-likeness (QED) is 0.642. The predicted octanol–water partition coefficient (Wildman–Crippen LogP) is 5.71. The minimum absolute atomic E-state index is 0.174. The van der Waals surface area contributed by atoms with Gasteiger partial charge < -0.3 is 4.74 Å². The molecule has 0 heterocycles. The number of halogens is 2. The van der Waals surface area contributed by atoms with Crippen molar-refractivity contribution in [3.63, 3.8) is 0 Å². The van der Waals surface area contributed by atoms with Gasteiger partial charge in [0.25, 0.3) is 0 Å². The van der Waals surface area contributed by atoms with Crippen LogP contribution in [0.4, 0.5) is 0 Å². The van der Waals surface area contributed by atoms with E-state index in [1.165, 1.54) is 5.56 Å². The largest absolute Gasteiger partial charge is 0.496 e. The van der Waals surface area contributed by atoms with E-state index in [9.17, 15) is 0 Å². The normalized spacial score (nSPS) is 12.3. The molecule has 0 radical (unpaired) electrons. The van der Waals surface area contributed by atoms with Crippen LogP contribution in [0, 0.1) is 20.8 Å². The molecule has 2 aromatic rings. The van der Waals surface area contributed by atoms with Crippen LogP contribution in [-0.4, -0.2) is 7.11 Å². The van der Waals surface area contributed by atoms with Crippen molar-refractivity contribution in [1.29, 1.82) is 0 Å². The molecule has 0 saturated carbocycles. The predicted molar refractivity (Wildman–Crippen MR) is 89.0 cm³/mol. The molecule has 106 valence electrons. The summed E-state index contributed by atoms with van der Waals surface area (Å²) in [4.78, 5) is 0. The van der Waals surface area contributed by atoms with E-state index in [2.05, 4.69) is 47.1 Å². The average molecular weight is 354 g/mol. The fourth-order valence-corrected chi connectivity index (χ4v) is 3.43. The van der Waals surface area contributed by atoms with Crippen molar-refractivity contribution in [2.24, 2.45) is 0 Å². The second-order valence-electron chi connectivity index (χ2n) is 5.03. The van der Waals surface area contributed by atoms with E-state index in [-0.39, 0.29) is 5.38 Å². The van der Waals surface area contributed by atoms with Crippen molar-refractivity contribution >= 4 is 27.5 Å². The van der Waals surface area contributed by atoms with Crippen molar-refractivity contribution in [3.05, 3.63) is 62.6 Å². The molecule has 2 aromatic carbocycles. The third-order valence-corrected chi connectivity index (χ3v) is 5.04. The first-order valence-corrected chi connectivity index (χ1v) is 7.73. The van der Waals surface area contributed by atoms with Gasteiger partial charge in [-0.3, -0.25) is 0 Å². The maximum Gasteiger partial charge on any atom is 0.124 e. The Hall–Kier alpha value is -0.990. The van der Waals surface area contributed by atoms with Crippen LogP contribution < -0.4 is 4.74 Å². The van der Waals surface area contributed by atoms with E-state index < -0.39 is 0 Å². The highest BCUT2D eigenvalue weighted by Crippen LogP contribution is 2.37. The molecule has 2 rings (SSSR count). The third-order valence-electron chi connectivity index (χ3n) is 3.47. The molecule has 0 aliphatic rings. The Bertz CT molecular complexity index is 614. The van der Waals surface area contributed by atoms with Crippen molar-refractivity contribution in [1.82, 2.24) is 0 Å². The summed E-state index contributed by atoms with van der Waals surface area (Å²) in [5.41, 5.74) is 5.59. The van der Waals surface area contributed by atoms with E-state index in [4.69, 9.17) is 16.3 Å². The number of hydrogen-bond acceptors (Lipinski definition) is 1. The van der Waals surface area contributed by atoms with E-state index in [0.717, 1.165) is 32.5 Å². The van der Waals surface area contributed by atoms with Gasteiger partial charge in [-0.1, -0.05) is 46.3 Å². The Morgan fingerprint density at radius 1 is 1.05 bits per heavy atom. The lowest BCUT2D eigenvalue weighted by molar-refractivity contribution is 0.408. The molecule has 1 atom stereocenters. The van der Waals surface area contributed by atoms with Crippen LogP contribution in [0.1, 0.15) is 33.2 Å². The number of alkyl halides is 1. The number of aryl methyl sites for hydroxylation is 3. The monoisotopic (exact) mass is 352 g/mol. The van der Waals surface area contributed by atoms with Gasteiger partial charge in [-0.15, -0.1) is 11.6 Å². The summed E-state index contributed by atoms with van der Waals surface area (Å²) >= 11 is 10.3. The van der Waals surface area contributed by atoms with Gasteiger partial charge in [-0.25, -0.2) is 0 Å². The van der Waals surface area contributed by atoms with E-state index >= 15 is 0 Å². The van der Waals surface area contributed by atoms with Crippen LogP contribution in [0.25, 0.3) is 0 Å². The number of methoxy groups -OCH3 is 1. The third kappa shape index (κ3) is 2.87. The molecule has 1 nitrogen and oxygen atoms in total. The van der Waals surface area contributed by atoms with Crippen LogP contribution in [0.5, 0.6) is 5.75 Å². The number of rotatable bonds is 3. The minimum atomic E-state index is -0.174.